The molecule has 1 aromatic carbocycles. The number of rotatable bonds is 5. The number of morpholine rings is 1. The summed E-state index contributed by atoms with van der Waals surface area (Å²) in [6.07, 6.45) is 3.38. The minimum atomic E-state index is -0.0699. The van der Waals surface area contributed by atoms with Gasteiger partial charge in [-0.25, -0.2) is 0 Å². The predicted molar refractivity (Wildman–Crippen MR) is 91.1 cm³/mol. The van der Waals surface area contributed by atoms with Crippen LogP contribution in [0.15, 0.2) is 24.3 Å². The number of nitrogens with zero attached hydrogens (tertiary/aromatic N) is 2. The molecule has 0 unspecified atom stereocenters. The first-order chi connectivity index (χ1) is 12.2. The normalized spacial score (nSPS) is 26.2. The van der Waals surface area contributed by atoms with Gasteiger partial charge in [-0.1, -0.05) is 18.6 Å². The van der Waals surface area contributed by atoms with E-state index in [1.54, 1.807) is 31.4 Å². The lowest BCUT2D eigenvalue weighted by atomic mass is 9.94. The van der Waals surface area contributed by atoms with Gasteiger partial charge in [0.25, 0.3) is 5.91 Å². The molecule has 25 heavy (non-hydrogen) atoms. The van der Waals surface area contributed by atoms with Crippen LogP contribution < -0.4 is 4.74 Å². The zero-order valence-corrected chi connectivity index (χ0v) is 14.5. The minimum Gasteiger partial charge on any atom is -0.482 e. The van der Waals surface area contributed by atoms with Crippen LogP contribution in [0, 0.1) is 17.2 Å². The Morgan fingerprint density at radius 2 is 2.24 bits per heavy atom. The molecule has 0 bridgehead atoms. The highest BCUT2D eigenvalue weighted by Gasteiger charge is 2.40. The van der Waals surface area contributed by atoms with Crippen LogP contribution in [0.2, 0.25) is 0 Å². The van der Waals surface area contributed by atoms with Crippen molar-refractivity contribution < 1.29 is 19.0 Å². The molecule has 6 heteroatoms. The number of amides is 1. The number of carbonyl (C=O) groups excluding carboxylic acids is 1. The quantitative estimate of drug-likeness (QED) is 0.817. The van der Waals surface area contributed by atoms with Crippen LogP contribution in [0.4, 0.5) is 0 Å². The molecule has 1 saturated carbocycles. The van der Waals surface area contributed by atoms with Crippen molar-refractivity contribution in [3.05, 3.63) is 29.8 Å². The van der Waals surface area contributed by atoms with E-state index < -0.39 is 0 Å². The van der Waals surface area contributed by atoms with Crippen LogP contribution in [0.1, 0.15) is 24.8 Å². The maximum absolute atomic E-state index is 12.8. The molecule has 3 rings (SSSR count). The van der Waals surface area contributed by atoms with Crippen molar-refractivity contribution in [2.75, 3.05) is 33.5 Å². The molecule has 6 nitrogen and oxygen atoms in total. The smallest absolute Gasteiger partial charge is 0.260 e. The Labute approximate surface area is 148 Å². The van der Waals surface area contributed by atoms with Gasteiger partial charge in [-0.2, -0.15) is 5.26 Å². The average Bonchev–Trinajstić information content (AvgIpc) is 3.15. The van der Waals surface area contributed by atoms with E-state index in [2.05, 4.69) is 6.07 Å². The van der Waals surface area contributed by atoms with Crippen LogP contribution in [-0.4, -0.2) is 56.4 Å². The lowest BCUT2D eigenvalue weighted by Gasteiger charge is -2.40. The van der Waals surface area contributed by atoms with Crippen molar-refractivity contribution in [2.45, 2.75) is 31.4 Å². The van der Waals surface area contributed by atoms with Gasteiger partial charge in [-0.3, -0.25) is 4.79 Å². The molecule has 1 heterocycles. The van der Waals surface area contributed by atoms with Crippen LogP contribution in [-0.2, 0) is 14.3 Å². The molecule has 0 N–H and O–H groups in total. The molecule has 2 aliphatic rings. The van der Waals surface area contributed by atoms with Gasteiger partial charge in [-0.15, -0.1) is 0 Å². The summed E-state index contributed by atoms with van der Waals surface area (Å²) in [5, 5.41) is 9.12. The highest BCUT2D eigenvalue weighted by molar-refractivity contribution is 5.78. The predicted octanol–water partition coefficient (Wildman–Crippen LogP) is 1.98. The zero-order valence-electron chi connectivity index (χ0n) is 14.5. The van der Waals surface area contributed by atoms with Crippen LogP contribution in [0.3, 0.4) is 0 Å². The average molecular weight is 344 g/mol. The Kier molecular flexibility index (Phi) is 5.90. The molecular formula is C19H24N2O4. The second-order valence-electron chi connectivity index (χ2n) is 6.49. The highest BCUT2D eigenvalue weighted by Crippen LogP contribution is 2.34. The van der Waals surface area contributed by atoms with Gasteiger partial charge in [0.15, 0.2) is 6.61 Å². The van der Waals surface area contributed by atoms with Crippen molar-refractivity contribution in [1.82, 2.24) is 4.90 Å². The molecule has 0 radical (unpaired) electrons. The second kappa shape index (κ2) is 8.32. The third kappa shape index (κ3) is 3.94. The largest absolute Gasteiger partial charge is 0.482 e. The fraction of sp³-hybridized carbons (Fsp3) is 0.579. The van der Waals surface area contributed by atoms with E-state index in [-0.39, 0.29) is 24.7 Å². The summed E-state index contributed by atoms with van der Waals surface area (Å²) in [6, 6.07) is 9.06. The minimum absolute atomic E-state index is 0.0310. The fourth-order valence-electron chi connectivity index (χ4n) is 3.88. The highest BCUT2D eigenvalue weighted by atomic mass is 16.5. The summed E-state index contributed by atoms with van der Waals surface area (Å²) >= 11 is 0. The fourth-order valence-corrected chi connectivity index (χ4v) is 3.88. The summed E-state index contributed by atoms with van der Waals surface area (Å²) in [6.45, 7) is 1.59. The van der Waals surface area contributed by atoms with Gasteiger partial charge in [0.2, 0.25) is 0 Å². The van der Waals surface area contributed by atoms with Crippen molar-refractivity contribution in [2.24, 2.45) is 5.92 Å². The third-order valence-corrected chi connectivity index (χ3v) is 5.15. The van der Waals surface area contributed by atoms with Crippen LogP contribution in [0.25, 0.3) is 0 Å². The van der Waals surface area contributed by atoms with E-state index in [0.29, 0.717) is 37.0 Å². The Hall–Kier alpha value is -2.10. The zero-order chi connectivity index (χ0) is 17.6. The van der Waals surface area contributed by atoms with Crippen molar-refractivity contribution >= 4 is 5.91 Å². The van der Waals surface area contributed by atoms with E-state index in [1.807, 2.05) is 4.90 Å². The number of hydrogen-bond donors (Lipinski definition) is 0. The molecule has 1 aliphatic heterocycles. The van der Waals surface area contributed by atoms with Gasteiger partial charge in [-0.05, 0) is 25.0 Å². The number of ether oxygens (including phenoxy) is 3. The number of nitriles is 1. The summed E-state index contributed by atoms with van der Waals surface area (Å²) in [4.78, 5) is 14.6. The number of methoxy groups -OCH3 is 1. The summed E-state index contributed by atoms with van der Waals surface area (Å²) in [7, 11) is 1.74. The first kappa shape index (κ1) is 17.7. The number of carbonyl (C=O) groups is 1. The maximum atomic E-state index is 12.8. The van der Waals surface area contributed by atoms with Crippen LogP contribution in [0.5, 0.6) is 5.75 Å². The molecule has 0 spiro atoms. The van der Waals surface area contributed by atoms with E-state index in [9.17, 15) is 4.79 Å². The van der Waals surface area contributed by atoms with Gasteiger partial charge in [0, 0.05) is 19.6 Å². The van der Waals surface area contributed by atoms with Gasteiger partial charge in [0.1, 0.15) is 11.8 Å². The second-order valence-corrected chi connectivity index (χ2v) is 6.49. The van der Waals surface area contributed by atoms with E-state index in [1.165, 1.54) is 0 Å². The lowest BCUT2D eigenvalue weighted by molar-refractivity contribution is -0.146. The summed E-state index contributed by atoms with van der Waals surface area (Å²) < 4.78 is 16.9. The Bertz CT molecular complexity index is 643. The molecule has 1 saturated heterocycles. The molecule has 1 aliphatic carbocycles. The monoisotopic (exact) mass is 344 g/mol. The van der Waals surface area contributed by atoms with E-state index >= 15 is 0 Å². The van der Waals surface area contributed by atoms with Gasteiger partial charge in [0.05, 0.1) is 30.9 Å². The third-order valence-electron chi connectivity index (χ3n) is 5.15. The maximum Gasteiger partial charge on any atom is 0.260 e. The standard InChI is InChI=1S/C19H24N2O4/c1-23-18-8-4-6-15(18)16-12-24-10-9-21(16)19(22)13-25-17-7-3-2-5-14(17)11-20/h2-3,5,7,15-16,18H,4,6,8-10,12-13H2,1H3/t15-,16+,18-/m1/s1. The molecule has 1 amide bonds. The van der Waals surface area contributed by atoms with Crippen molar-refractivity contribution in [1.29, 1.82) is 5.26 Å². The van der Waals surface area contributed by atoms with Gasteiger partial charge < -0.3 is 19.1 Å². The van der Waals surface area contributed by atoms with Crippen LogP contribution >= 0.6 is 0 Å². The Balaban J connectivity index is 1.66. The van der Waals surface area contributed by atoms with Crippen molar-refractivity contribution in [3.8, 4) is 11.8 Å². The first-order valence-electron chi connectivity index (χ1n) is 8.76. The molecule has 2 fully saturated rings. The molecule has 134 valence electrons. The Morgan fingerprint density at radius 1 is 1.40 bits per heavy atom. The number of hydrogen-bond acceptors (Lipinski definition) is 5. The van der Waals surface area contributed by atoms with Gasteiger partial charge >= 0.3 is 0 Å². The van der Waals surface area contributed by atoms with Crippen molar-refractivity contribution in [3.63, 3.8) is 0 Å². The first-order valence-corrected chi connectivity index (χ1v) is 8.76. The number of benzene rings is 1. The molecule has 1 aromatic rings. The summed E-state index contributed by atoms with van der Waals surface area (Å²) in [5.74, 6) is 0.683. The SMILES string of the molecule is CO[C@@H]1CCC[C@@H]1[C@@H]1COCCN1C(=O)COc1ccccc1C#N. The molecule has 0 aromatic heterocycles. The lowest BCUT2D eigenvalue weighted by Crippen LogP contribution is -2.54. The topological polar surface area (TPSA) is 71.8 Å². The summed E-state index contributed by atoms with van der Waals surface area (Å²) in [5.41, 5.74) is 0.434. The molecule has 3 atom stereocenters. The molecular weight excluding hydrogens is 320 g/mol. The van der Waals surface area contributed by atoms with E-state index in [0.717, 1.165) is 19.3 Å². The number of para-hydroxylation sites is 1. The van der Waals surface area contributed by atoms with E-state index in [4.69, 9.17) is 19.5 Å². The Morgan fingerprint density at radius 3 is 3.04 bits per heavy atom.